The summed E-state index contributed by atoms with van der Waals surface area (Å²) < 4.78 is 12.2. The lowest BCUT2D eigenvalue weighted by atomic mass is 9.71. The second kappa shape index (κ2) is 8.49. The van der Waals surface area contributed by atoms with Gasteiger partial charge in [0.1, 0.15) is 6.10 Å². The summed E-state index contributed by atoms with van der Waals surface area (Å²) in [5.41, 5.74) is 4.83. The van der Waals surface area contributed by atoms with Crippen molar-refractivity contribution in [2.24, 2.45) is 23.7 Å². The van der Waals surface area contributed by atoms with Gasteiger partial charge in [0.05, 0.1) is 19.5 Å². The molecule has 0 aromatic rings. The summed E-state index contributed by atoms with van der Waals surface area (Å²) in [4.78, 5) is 3.60. The molecular formula is C25H33NO2S. The van der Waals surface area contributed by atoms with E-state index in [0.29, 0.717) is 29.8 Å². The summed E-state index contributed by atoms with van der Waals surface area (Å²) in [6.07, 6.45) is 19.3. The van der Waals surface area contributed by atoms with E-state index in [0.717, 1.165) is 31.9 Å². The quantitative estimate of drug-likeness (QED) is 0.597. The first-order chi connectivity index (χ1) is 14.2. The summed E-state index contributed by atoms with van der Waals surface area (Å²) in [5.74, 6) is 3.61. The van der Waals surface area contributed by atoms with Crippen molar-refractivity contribution in [3.63, 3.8) is 0 Å². The van der Waals surface area contributed by atoms with Gasteiger partial charge in [-0.05, 0) is 56.8 Å². The van der Waals surface area contributed by atoms with Gasteiger partial charge in [0.25, 0.3) is 0 Å². The molecule has 5 atom stereocenters. The maximum Gasteiger partial charge on any atom is 0.123 e. The third-order valence-corrected chi connectivity index (χ3v) is 8.42. The Hall–Kier alpha value is -1.23. The molecule has 3 aliphatic carbocycles. The van der Waals surface area contributed by atoms with E-state index in [4.69, 9.17) is 9.47 Å². The number of thioether (sulfide) groups is 1. The Morgan fingerprint density at radius 3 is 2.97 bits per heavy atom. The van der Waals surface area contributed by atoms with Gasteiger partial charge in [-0.15, -0.1) is 11.8 Å². The highest BCUT2D eigenvalue weighted by Gasteiger charge is 2.46. The second-order valence-electron chi connectivity index (χ2n) is 9.35. The first kappa shape index (κ1) is 19.7. The van der Waals surface area contributed by atoms with Crippen LogP contribution in [0.3, 0.4) is 0 Å². The molecule has 2 fully saturated rings. The van der Waals surface area contributed by atoms with Gasteiger partial charge in [0.15, 0.2) is 0 Å². The van der Waals surface area contributed by atoms with Crippen LogP contribution in [-0.2, 0) is 9.47 Å². The van der Waals surface area contributed by atoms with Crippen molar-refractivity contribution in [2.45, 2.75) is 31.8 Å². The number of allylic oxidation sites excluding steroid dienone is 6. The van der Waals surface area contributed by atoms with Crippen LogP contribution in [0.25, 0.3) is 0 Å². The Kier molecular flexibility index (Phi) is 5.77. The molecule has 4 heteroatoms. The fraction of sp³-hybridized carbons (Fsp3) is 0.600. The Morgan fingerprint density at radius 1 is 1.14 bits per heavy atom. The molecule has 0 N–H and O–H groups in total. The lowest BCUT2D eigenvalue weighted by Crippen LogP contribution is -2.28. The molecule has 2 saturated carbocycles. The van der Waals surface area contributed by atoms with Crippen molar-refractivity contribution >= 4 is 11.8 Å². The maximum absolute atomic E-state index is 6.19. The van der Waals surface area contributed by atoms with Gasteiger partial charge in [-0.1, -0.05) is 41.9 Å². The van der Waals surface area contributed by atoms with Crippen molar-refractivity contribution in [3.05, 3.63) is 58.3 Å². The van der Waals surface area contributed by atoms with Crippen molar-refractivity contribution in [1.82, 2.24) is 4.90 Å². The van der Waals surface area contributed by atoms with Crippen LogP contribution in [0.5, 0.6) is 0 Å². The minimum Gasteiger partial charge on any atom is -0.493 e. The van der Waals surface area contributed by atoms with E-state index in [2.05, 4.69) is 49.4 Å². The Labute approximate surface area is 179 Å². The molecule has 0 radical (unpaired) electrons. The molecule has 0 bridgehead atoms. The van der Waals surface area contributed by atoms with E-state index in [1.165, 1.54) is 29.7 Å². The molecule has 0 amide bonds. The minimum absolute atomic E-state index is 0.304. The van der Waals surface area contributed by atoms with Crippen molar-refractivity contribution < 1.29 is 9.47 Å². The topological polar surface area (TPSA) is 21.7 Å². The first-order valence-corrected chi connectivity index (χ1v) is 12.2. The molecular weight excluding hydrogens is 378 g/mol. The first-order valence-electron chi connectivity index (χ1n) is 11.2. The number of hydrogen-bond donors (Lipinski definition) is 0. The largest absolute Gasteiger partial charge is 0.493 e. The van der Waals surface area contributed by atoms with E-state index in [1.54, 1.807) is 11.1 Å². The van der Waals surface area contributed by atoms with Crippen LogP contribution < -0.4 is 0 Å². The number of hydrogen-bond acceptors (Lipinski definition) is 4. The van der Waals surface area contributed by atoms with Gasteiger partial charge in [0, 0.05) is 29.0 Å². The van der Waals surface area contributed by atoms with Gasteiger partial charge >= 0.3 is 0 Å². The fourth-order valence-electron chi connectivity index (χ4n) is 5.90. The van der Waals surface area contributed by atoms with Crippen LogP contribution in [0.4, 0.5) is 0 Å². The van der Waals surface area contributed by atoms with E-state index < -0.39 is 0 Å². The summed E-state index contributed by atoms with van der Waals surface area (Å²) in [6, 6.07) is 0. The van der Waals surface area contributed by atoms with Gasteiger partial charge in [-0.25, -0.2) is 0 Å². The fourth-order valence-corrected chi connectivity index (χ4v) is 6.95. The highest BCUT2D eigenvalue weighted by Crippen LogP contribution is 2.54. The smallest absolute Gasteiger partial charge is 0.123 e. The number of likely N-dealkylation sites (N-methyl/N-ethyl adjacent to an activating group) is 1. The molecule has 2 heterocycles. The molecule has 0 saturated heterocycles. The molecule has 0 spiro atoms. The SMILES string of the molecule is CN(C)CCOCC1=CC2C(=CC=C3C2CC2=CC=COC2C2CCCC32)CS1. The Bertz CT molecular complexity index is 791. The maximum atomic E-state index is 6.19. The standard InChI is InChI=1S/C25H33NO2S/c1-26(2)10-12-27-15-19-14-23-18(16-29-19)8-9-21-20-6-3-7-22(20)25-17(13-24(21)23)5-4-11-28-25/h4-5,8-9,11,14,20,22-25H,3,6-7,10,12-13,15-16H2,1-2H3. The van der Waals surface area contributed by atoms with Gasteiger partial charge in [-0.2, -0.15) is 0 Å². The van der Waals surface area contributed by atoms with Crippen molar-refractivity contribution in [3.8, 4) is 0 Å². The highest BCUT2D eigenvalue weighted by atomic mass is 32.2. The zero-order valence-electron chi connectivity index (χ0n) is 17.7. The number of rotatable bonds is 5. The highest BCUT2D eigenvalue weighted by molar-refractivity contribution is 8.03. The third-order valence-electron chi connectivity index (χ3n) is 7.32. The van der Waals surface area contributed by atoms with Gasteiger partial charge in [-0.3, -0.25) is 0 Å². The molecule has 0 aromatic heterocycles. The Balaban J connectivity index is 1.39. The predicted molar refractivity (Wildman–Crippen MR) is 121 cm³/mol. The lowest BCUT2D eigenvalue weighted by Gasteiger charge is -2.37. The van der Waals surface area contributed by atoms with Gasteiger partial charge in [0.2, 0.25) is 0 Å². The van der Waals surface area contributed by atoms with Crippen LogP contribution in [0.1, 0.15) is 25.7 Å². The summed E-state index contributed by atoms with van der Waals surface area (Å²) in [7, 11) is 4.19. The van der Waals surface area contributed by atoms with Gasteiger partial charge < -0.3 is 14.4 Å². The summed E-state index contributed by atoms with van der Waals surface area (Å²) >= 11 is 1.97. The average Bonchev–Trinajstić information content (AvgIpc) is 3.16. The zero-order chi connectivity index (χ0) is 19.8. The molecule has 5 unspecified atom stereocenters. The number of nitrogens with zero attached hydrogens (tertiary/aromatic N) is 1. The summed E-state index contributed by atoms with van der Waals surface area (Å²) in [5, 5.41) is 0. The Morgan fingerprint density at radius 2 is 2.07 bits per heavy atom. The predicted octanol–water partition coefficient (Wildman–Crippen LogP) is 4.95. The van der Waals surface area contributed by atoms with E-state index in [9.17, 15) is 0 Å². The summed E-state index contributed by atoms with van der Waals surface area (Å²) in [6.45, 7) is 2.54. The average molecular weight is 412 g/mol. The monoisotopic (exact) mass is 411 g/mol. The van der Waals surface area contributed by atoms with E-state index in [-0.39, 0.29) is 0 Å². The van der Waals surface area contributed by atoms with Crippen molar-refractivity contribution in [1.29, 1.82) is 0 Å². The van der Waals surface area contributed by atoms with Crippen LogP contribution in [0.2, 0.25) is 0 Å². The van der Waals surface area contributed by atoms with Crippen LogP contribution >= 0.6 is 11.8 Å². The van der Waals surface area contributed by atoms with Crippen LogP contribution in [0, 0.1) is 23.7 Å². The normalized spacial score (nSPS) is 35.2. The molecule has 156 valence electrons. The molecule has 5 rings (SSSR count). The number of fused-ring (bicyclic) bond motifs is 7. The molecule has 5 aliphatic rings. The van der Waals surface area contributed by atoms with E-state index >= 15 is 0 Å². The lowest BCUT2D eigenvalue weighted by molar-refractivity contribution is 0.102. The molecule has 29 heavy (non-hydrogen) atoms. The zero-order valence-corrected chi connectivity index (χ0v) is 18.5. The molecule has 0 aromatic carbocycles. The third kappa shape index (κ3) is 3.92. The molecule has 2 aliphatic heterocycles. The van der Waals surface area contributed by atoms with Crippen LogP contribution in [0.15, 0.2) is 58.3 Å². The minimum atomic E-state index is 0.304. The molecule has 3 nitrogen and oxygen atoms in total. The second-order valence-corrected chi connectivity index (χ2v) is 10.5. The van der Waals surface area contributed by atoms with E-state index in [1.807, 2.05) is 18.0 Å². The van der Waals surface area contributed by atoms with Crippen molar-refractivity contribution in [2.75, 3.05) is 39.6 Å². The number of ether oxygens (including phenoxy) is 2. The van der Waals surface area contributed by atoms with Crippen LogP contribution in [-0.4, -0.2) is 50.6 Å².